The van der Waals surface area contributed by atoms with Crippen LogP contribution in [0.2, 0.25) is 5.02 Å². The number of rotatable bonds is 6. The monoisotopic (exact) mass is 408 g/mol. The molecule has 1 atom stereocenters. The zero-order valence-corrected chi connectivity index (χ0v) is 16.4. The highest BCUT2D eigenvalue weighted by atomic mass is 35.5. The Balaban J connectivity index is 1.77. The van der Waals surface area contributed by atoms with Crippen LogP contribution in [0.3, 0.4) is 0 Å². The van der Waals surface area contributed by atoms with Crippen LogP contribution in [0.5, 0.6) is 0 Å². The summed E-state index contributed by atoms with van der Waals surface area (Å²) in [5.74, 6) is -0.409. The molecule has 2 aromatic carbocycles. The van der Waals surface area contributed by atoms with Gasteiger partial charge in [-0.25, -0.2) is 13.1 Å². The van der Waals surface area contributed by atoms with Gasteiger partial charge in [-0.1, -0.05) is 23.7 Å². The molecule has 8 heteroatoms. The number of sulfonamides is 1. The first-order valence-corrected chi connectivity index (χ1v) is 10.5. The molecule has 0 unspecified atom stereocenters. The number of anilines is 1. The summed E-state index contributed by atoms with van der Waals surface area (Å²) in [5, 5.41) is 2.81. The summed E-state index contributed by atoms with van der Waals surface area (Å²) < 4.78 is 33.2. The van der Waals surface area contributed by atoms with Gasteiger partial charge >= 0.3 is 0 Å². The molecule has 2 N–H and O–H groups in total. The predicted molar refractivity (Wildman–Crippen MR) is 105 cm³/mol. The van der Waals surface area contributed by atoms with Crippen LogP contribution in [-0.2, 0) is 14.8 Å². The first-order chi connectivity index (χ1) is 12.8. The van der Waals surface area contributed by atoms with Crippen molar-refractivity contribution >= 4 is 33.2 Å². The summed E-state index contributed by atoms with van der Waals surface area (Å²) in [4.78, 5) is 12.4. The zero-order chi connectivity index (χ0) is 19.4. The number of benzene rings is 2. The molecule has 0 saturated carbocycles. The summed E-state index contributed by atoms with van der Waals surface area (Å²) in [6, 6.07) is 11.5. The highest BCUT2D eigenvalue weighted by Gasteiger charge is 2.23. The van der Waals surface area contributed by atoms with Crippen LogP contribution in [0.25, 0.3) is 0 Å². The second-order valence-corrected chi connectivity index (χ2v) is 8.60. The number of halogens is 1. The zero-order valence-electron chi connectivity index (χ0n) is 14.9. The van der Waals surface area contributed by atoms with Gasteiger partial charge in [-0.15, -0.1) is 0 Å². The number of nitrogens with one attached hydrogen (secondary N) is 2. The first kappa shape index (κ1) is 19.8. The highest BCUT2D eigenvalue weighted by Crippen LogP contribution is 2.24. The lowest BCUT2D eigenvalue weighted by Crippen LogP contribution is -2.32. The molecule has 27 heavy (non-hydrogen) atoms. The first-order valence-electron chi connectivity index (χ1n) is 8.64. The fourth-order valence-corrected chi connectivity index (χ4v) is 4.45. The van der Waals surface area contributed by atoms with Crippen molar-refractivity contribution in [3.8, 4) is 0 Å². The molecule has 1 saturated heterocycles. The fourth-order valence-electron chi connectivity index (χ4n) is 2.86. The van der Waals surface area contributed by atoms with E-state index >= 15 is 0 Å². The molecule has 1 fully saturated rings. The van der Waals surface area contributed by atoms with Gasteiger partial charge in [-0.05, 0) is 55.7 Å². The predicted octanol–water partition coefficient (Wildman–Crippen LogP) is 3.36. The fraction of sp³-hybridized carbons (Fsp3) is 0.316. The molecule has 3 rings (SSSR count). The molecule has 0 spiro atoms. The maximum atomic E-state index is 12.6. The quantitative estimate of drug-likeness (QED) is 0.767. The van der Waals surface area contributed by atoms with Crippen molar-refractivity contribution in [1.82, 2.24) is 4.72 Å². The average Bonchev–Trinajstić information content (AvgIpc) is 3.14. The van der Waals surface area contributed by atoms with Crippen LogP contribution >= 0.6 is 11.6 Å². The number of carbonyl (C=O) groups excluding carboxylic acids is 1. The number of ether oxygens (including phenoxy) is 1. The Labute approximate surface area is 163 Å². The summed E-state index contributed by atoms with van der Waals surface area (Å²) in [6.07, 6.45) is 1.60. The van der Waals surface area contributed by atoms with Gasteiger partial charge in [0, 0.05) is 24.4 Å². The van der Waals surface area contributed by atoms with Gasteiger partial charge < -0.3 is 10.1 Å². The van der Waals surface area contributed by atoms with E-state index in [0.29, 0.717) is 12.3 Å². The number of carbonyl (C=O) groups is 1. The molecule has 2 aromatic rings. The highest BCUT2D eigenvalue weighted by molar-refractivity contribution is 7.89. The maximum Gasteiger partial charge on any atom is 0.255 e. The molecular weight excluding hydrogens is 388 g/mol. The van der Waals surface area contributed by atoms with Crippen molar-refractivity contribution in [2.45, 2.75) is 30.8 Å². The van der Waals surface area contributed by atoms with E-state index in [-0.39, 0.29) is 28.1 Å². The number of aryl methyl sites for hydroxylation is 1. The molecule has 1 heterocycles. The van der Waals surface area contributed by atoms with E-state index < -0.39 is 15.9 Å². The van der Waals surface area contributed by atoms with Crippen LogP contribution < -0.4 is 10.0 Å². The molecule has 1 amide bonds. The van der Waals surface area contributed by atoms with Crippen LogP contribution in [0, 0.1) is 6.92 Å². The maximum absolute atomic E-state index is 12.6. The number of amides is 1. The van der Waals surface area contributed by atoms with Crippen molar-refractivity contribution in [3.05, 3.63) is 58.6 Å². The van der Waals surface area contributed by atoms with Gasteiger partial charge in [0.2, 0.25) is 10.0 Å². The Bertz CT molecular complexity index is 940. The lowest BCUT2D eigenvalue weighted by atomic mass is 10.2. The van der Waals surface area contributed by atoms with Crippen molar-refractivity contribution in [1.29, 1.82) is 0 Å². The molecule has 144 valence electrons. The SMILES string of the molecule is Cc1cccc(NC(=O)c2ccc(Cl)c(S(=O)(=O)NC[C@H]3CCCO3)c2)c1. The van der Waals surface area contributed by atoms with E-state index in [4.69, 9.17) is 16.3 Å². The average molecular weight is 409 g/mol. The number of hydrogen-bond donors (Lipinski definition) is 2. The Morgan fingerprint density at radius 2 is 2.07 bits per heavy atom. The summed E-state index contributed by atoms with van der Waals surface area (Å²) >= 11 is 6.08. The van der Waals surface area contributed by atoms with Crippen LogP contribution in [0.1, 0.15) is 28.8 Å². The standard InChI is InChI=1S/C19H21ClN2O4S/c1-13-4-2-5-15(10-13)22-19(23)14-7-8-17(20)18(11-14)27(24,25)21-12-16-6-3-9-26-16/h2,4-5,7-8,10-11,16,21H,3,6,9,12H2,1H3,(H,22,23)/t16-/m1/s1. The normalized spacial score (nSPS) is 17.0. The summed E-state index contributed by atoms with van der Waals surface area (Å²) in [6.45, 7) is 2.74. The lowest BCUT2D eigenvalue weighted by molar-refractivity contribution is 0.102. The van der Waals surface area contributed by atoms with Gasteiger partial charge in [0.05, 0.1) is 11.1 Å². The van der Waals surface area contributed by atoms with E-state index in [2.05, 4.69) is 10.0 Å². The van der Waals surface area contributed by atoms with Crippen LogP contribution in [0.4, 0.5) is 5.69 Å². The van der Waals surface area contributed by atoms with Crippen molar-refractivity contribution in [3.63, 3.8) is 0 Å². The molecule has 1 aliphatic rings. The van der Waals surface area contributed by atoms with E-state index in [1.54, 1.807) is 6.07 Å². The molecule has 1 aliphatic heterocycles. The second kappa shape index (κ2) is 8.39. The van der Waals surface area contributed by atoms with Gasteiger partial charge in [-0.2, -0.15) is 0 Å². The van der Waals surface area contributed by atoms with E-state index in [9.17, 15) is 13.2 Å². The molecule has 0 bridgehead atoms. The molecule has 0 radical (unpaired) electrons. The molecule has 6 nitrogen and oxygen atoms in total. The van der Waals surface area contributed by atoms with Gasteiger partial charge in [0.15, 0.2) is 0 Å². The smallest absolute Gasteiger partial charge is 0.255 e. The van der Waals surface area contributed by atoms with Crippen molar-refractivity contribution in [2.75, 3.05) is 18.5 Å². The largest absolute Gasteiger partial charge is 0.377 e. The van der Waals surface area contributed by atoms with E-state index in [1.807, 2.05) is 25.1 Å². The Kier molecular flexibility index (Phi) is 6.16. The lowest BCUT2D eigenvalue weighted by Gasteiger charge is -2.13. The van der Waals surface area contributed by atoms with Crippen LogP contribution in [-0.4, -0.2) is 33.6 Å². The molecule has 0 aliphatic carbocycles. The van der Waals surface area contributed by atoms with Crippen LogP contribution in [0.15, 0.2) is 47.4 Å². The third kappa shape index (κ3) is 5.07. The minimum Gasteiger partial charge on any atom is -0.377 e. The molecular formula is C19H21ClN2O4S. The van der Waals surface area contributed by atoms with E-state index in [1.165, 1.54) is 18.2 Å². The third-order valence-corrected chi connectivity index (χ3v) is 6.19. The van der Waals surface area contributed by atoms with Gasteiger partial charge in [0.1, 0.15) is 4.90 Å². The third-order valence-electron chi connectivity index (χ3n) is 4.28. The summed E-state index contributed by atoms with van der Waals surface area (Å²) in [7, 11) is -3.86. The second-order valence-electron chi connectivity index (χ2n) is 6.46. The topological polar surface area (TPSA) is 84.5 Å². The van der Waals surface area contributed by atoms with Gasteiger partial charge in [-0.3, -0.25) is 4.79 Å². The van der Waals surface area contributed by atoms with Crippen molar-refractivity contribution < 1.29 is 17.9 Å². The minimum atomic E-state index is -3.86. The number of hydrogen-bond acceptors (Lipinski definition) is 4. The minimum absolute atomic E-state index is 0.0574. The Morgan fingerprint density at radius 1 is 1.26 bits per heavy atom. The summed E-state index contributed by atoms with van der Waals surface area (Å²) in [5.41, 5.74) is 1.85. The molecule has 0 aromatic heterocycles. The van der Waals surface area contributed by atoms with Crippen molar-refractivity contribution in [2.24, 2.45) is 0 Å². The Morgan fingerprint density at radius 3 is 2.78 bits per heavy atom. The van der Waals surface area contributed by atoms with Gasteiger partial charge in [0.25, 0.3) is 5.91 Å². The Hall–Kier alpha value is -1.93. The van der Waals surface area contributed by atoms with E-state index in [0.717, 1.165) is 18.4 Å².